The van der Waals surface area contributed by atoms with Gasteiger partial charge in [0.25, 0.3) is 5.91 Å². The maximum atomic E-state index is 13.0. The van der Waals surface area contributed by atoms with Gasteiger partial charge in [-0.2, -0.15) is 0 Å². The predicted octanol–water partition coefficient (Wildman–Crippen LogP) is 3.88. The van der Waals surface area contributed by atoms with Crippen LogP contribution >= 0.6 is 0 Å². The first-order valence-corrected chi connectivity index (χ1v) is 12.0. The van der Waals surface area contributed by atoms with Crippen molar-refractivity contribution in [2.24, 2.45) is 0 Å². The molecule has 5 aromatic rings. The van der Waals surface area contributed by atoms with E-state index < -0.39 is 0 Å². The molecule has 6 heterocycles. The van der Waals surface area contributed by atoms with Gasteiger partial charge in [-0.15, -0.1) is 0 Å². The standard InChI is InChI=1S/C27H26N8O/c1-17-11-23-24(31-17)12-20(16-29-23)21-4-3-19-15-30-25(14-22(19)32-21)33-27(36)18-5-6-28-26(13-18)35-9-7-34(2)8-10-35/h3-6,11-16,31H,7-10H2,1-2H3,(H,30,33,36). The minimum atomic E-state index is -0.229. The van der Waals surface area contributed by atoms with Crippen LogP contribution < -0.4 is 10.2 Å². The molecule has 9 nitrogen and oxygen atoms in total. The van der Waals surface area contributed by atoms with Gasteiger partial charge >= 0.3 is 0 Å². The second-order valence-corrected chi connectivity index (χ2v) is 9.22. The molecule has 1 aliphatic heterocycles. The fourth-order valence-corrected chi connectivity index (χ4v) is 4.49. The maximum Gasteiger partial charge on any atom is 0.257 e. The van der Waals surface area contributed by atoms with Crippen molar-refractivity contribution in [1.82, 2.24) is 29.8 Å². The SMILES string of the molecule is Cc1cc2ncc(-c3ccc4cnc(NC(=O)c5ccnc(N6CCN(C)CC6)c5)cc4n3)cc2[nH]1. The van der Waals surface area contributed by atoms with E-state index >= 15 is 0 Å². The largest absolute Gasteiger partial charge is 0.357 e. The molecule has 0 spiro atoms. The van der Waals surface area contributed by atoms with Gasteiger partial charge in [-0.25, -0.2) is 15.0 Å². The normalized spacial score (nSPS) is 14.4. The summed E-state index contributed by atoms with van der Waals surface area (Å²) in [5, 5.41) is 3.80. The molecule has 180 valence electrons. The van der Waals surface area contributed by atoms with E-state index in [1.165, 1.54) is 0 Å². The van der Waals surface area contributed by atoms with Crippen LogP contribution in [0, 0.1) is 6.92 Å². The highest BCUT2D eigenvalue weighted by Crippen LogP contribution is 2.25. The third-order valence-electron chi connectivity index (χ3n) is 6.55. The number of carbonyl (C=O) groups excluding carboxylic acids is 1. The van der Waals surface area contributed by atoms with Crippen molar-refractivity contribution in [3.05, 3.63) is 72.3 Å². The zero-order chi connectivity index (χ0) is 24.6. The van der Waals surface area contributed by atoms with Crippen LogP contribution in [0.1, 0.15) is 16.1 Å². The number of pyridine rings is 4. The number of H-pyrrole nitrogens is 1. The Morgan fingerprint density at radius 2 is 1.81 bits per heavy atom. The molecule has 5 aromatic heterocycles. The Bertz CT molecular complexity index is 1590. The summed E-state index contributed by atoms with van der Waals surface area (Å²) in [6.45, 7) is 5.74. The van der Waals surface area contributed by atoms with Gasteiger partial charge in [0.2, 0.25) is 0 Å². The topological polar surface area (TPSA) is 103 Å². The van der Waals surface area contributed by atoms with Crippen LogP contribution in [0.4, 0.5) is 11.6 Å². The van der Waals surface area contributed by atoms with Gasteiger partial charge in [0.1, 0.15) is 11.6 Å². The summed E-state index contributed by atoms with van der Waals surface area (Å²) in [7, 11) is 2.11. The maximum absolute atomic E-state index is 13.0. The number of aromatic amines is 1. The van der Waals surface area contributed by atoms with E-state index in [2.05, 4.69) is 48.2 Å². The van der Waals surface area contributed by atoms with Crippen molar-refractivity contribution in [3.8, 4) is 11.3 Å². The number of likely N-dealkylation sites (N-methyl/N-ethyl adjacent to an activating group) is 1. The molecule has 0 unspecified atom stereocenters. The second-order valence-electron chi connectivity index (χ2n) is 9.22. The molecule has 6 rings (SSSR count). The Morgan fingerprint density at radius 1 is 0.944 bits per heavy atom. The van der Waals surface area contributed by atoms with Crippen molar-refractivity contribution >= 4 is 39.5 Å². The number of anilines is 2. The third-order valence-corrected chi connectivity index (χ3v) is 6.55. The molecule has 0 aromatic carbocycles. The monoisotopic (exact) mass is 478 g/mol. The summed E-state index contributed by atoms with van der Waals surface area (Å²) < 4.78 is 0. The minimum Gasteiger partial charge on any atom is -0.357 e. The molecule has 0 bridgehead atoms. The highest BCUT2D eigenvalue weighted by molar-refractivity contribution is 6.04. The first kappa shape index (κ1) is 22.1. The van der Waals surface area contributed by atoms with Gasteiger partial charge < -0.3 is 20.1 Å². The van der Waals surface area contributed by atoms with Gasteiger partial charge in [0, 0.05) is 73.0 Å². The highest BCUT2D eigenvalue weighted by atomic mass is 16.1. The lowest BCUT2D eigenvalue weighted by atomic mass is 10.1. The lowest BCUT2D eigenvalue weighted by Gasteiger charge is -2.33. The molecule has 0 saturated carbocycles. The molecule has 0 atom stereocenters. The number of fused-ring (bicyclic) bond motifs is 2. The number of aryl methyl sites for hydroxylation is 1. The summed E-state index contributed by atoms with van der Waals surface area (Å²) >= 11 is 0. The lowest BCUT2D eigenvalue weighted by Crippen LogP contribution is -2.44. The molecular formula is C27H26N8O. The number of piperazine rings is 1. The van der Waals surface area contributed by atoms with Gasteiger partial charge in [-0.3, -0.25) is 9.78 Å². The van der Waals surface area contributed by atoms with E-state index in [0.717, 1.165) is 70.9 Å². The van der Waals surface area contributed by atoms with Gasteiger partial charge in [-0.1, -0.05) is 0 Å². The second kappa shape index (κ2) is 9.01. The summed E-state index contributed by atoms with van der Waals surface area (Å²) in [4.78, 5) is 39.1. The van der Waals surface area contributed by atoms with Crippen LogP contribution in [0.25, 0.3) is 33.2 Å². The van der Waals surface area contributed by atoms with Gasteiger partial charge in [0.15, 0.2) is 0 Å². The fraction of sp³-hybridized carbons (Fsp3) is 0.222. The molecule has 0 radical (unpaired) electrons. The first-order chi connectivity index (χ1) is 17.5. The number of rotatable bonds is 4. The van der Waals surface area contributed by atoms with Crippen LogP contribution in [-0.4, -0.2) is 69.0 Å². The third kappa shape index (κ3) is 4.36. The summed E-state index contributed by atoms with van der Waals surface area (Å²) in [6.07, 6.45) is 5.23. The lowest BCUT2D eigenvalue weighted by molar-refractivity contribution is 0.102. The van der Waals surface area contributed by atoms with Gasteiger partial charge in [-0.05, 0) is 50.4 Å². The van der Waals surface area contributed by atoms with Crippen LogP contribution in [-0.2, 0) is 0 Å². The summed E-state index contributed by atoms with van der Waals surface area (Å²) in [5.74, 6) is 1.03. The summed E-state index contributed by atoms with van der Waals surface area (Å²) in [5.41, 5.74) is 5.98. The van der Waals surface area contributed by atoms with Crippen LogP contribution in [0.2, 0.25) is 0 Å². The molecule has 1 amide bonds. The van der Waals surface area contributed by atoms with Crippen molar-refractivity contribution in [3.63, 3.8) is 0 Å². The molecular weight excluding hydrogens is 452 g/mol. The van der Waals surface area contributed by atoms with E-state index in [0.29, 0.717) is 11.4 Å². The molecule has 36 heavy (non-hydrogen) atoms. The summed E-state index contributed by atoms with van der Waals surface area (Å²) in [6, 6.07) is 13.4. The van der Waals surface area contributed by atoms with E-state index in [4.69, 9.17) is 4.98 Å². The predicted molar refractivity (Wildman–Crippen MR) is 141 cm³/mol. The first-order valence-electron chi connectivity index (χ1n) is 12.0. The number of amides is 1. The quantitative estimate of drug-likeness (QED) is 0.404. The number of hydrogen-bond donors (Lipinski definition) is 2. The van der Waals surface area contributed by atoms with Gasteiger partial charge in [0.05, 0.1) is 22.2 Å². The molecule has 2 N–H and O–H groups in total. The smallest absolute Gasteiger partial charge is 0.257 e. The van der Waals surface area contributed by atoms with Crippen LogP contribution in [0.3, 0.4) is 0 Å². The van der Waals surface area contributed by atoms with E-state index in [1.54, 1.807) is 24.5 Å². The van der Waals surface area contributed by atoms with Crippen molar-refractivity contribution in [1.29, 1.82) is 0 Å². The number of carbonyl (C=O) groups is 1. The number of aromatic nitrogens is 5. The Labute approximate surface area is 208 Å². The van der Waals surface area contributed by atoms with Crippen molar-refractivity contribution < 1.29 is 4.79 Å². The number of nitrogens with one attached hydrogen (secondary N) is 2. The number of hydrogen-bond acceptors (Lipinski definition) is 7. The molecule has 1 saturated heterocycles. The Kier molecular flexibility index (Phi) is 5.54. The van der Waals surface area contributed by atoms with E-state index in [-0.39, 0.29) is 5.91 Å². The number of nitrogens with zero attached hydrogens (tertiary/aromatic N) is 6. The zero-order valence-corrected chi connectivity index (χ0v) is 20.2. The highest BCUT2D eigenvalue weighted by Gasteiger charge is 2.17. The molecule has 0 aliphatic carbocycles. The van der Waals surface area contributed by atoms with Crippen molar-refractivity contribution in [2.45, 2.75) is 6.92 Å². The Balaban J connectivity index is 1.24. The fourth-order valence-electron chi connectivity index (χ4n) is 4.49. The van der Waals surface area contributed by atoms with Crippen molar-refractivity contribution in [2.75, 3.05) is 43.4 Å². The average molecular weight is 479 g/mol. The average Bonchev–Trinajstić information content (AvgIpc) is 3.28. The van der Waals surface area contributed by atoms with Crippen LogP contribution in [0.5, 0.6) is 0 Å². The Hall–Kier alpha value is -4.37. The zero-order valence-electron chi connectivity index (χ0n) is 20.2. The Morgan fingerprint density at radius 3 is 2.67 bits per heavy atom. The van der Waals surface area contributed by atoms with Crippen LogP contribution in [0.15, 0.2) is 61.1 Å². The van der Waals surface area contributed by atoms with E-state index in [9.17, 15) is 4.79 Å². The van der Waals surface area contributed by atoms with E-state index in [1.807, 2.05) is 37.4 Å². The minimum absolute atomic E-state index is 0.229. The molecule has 9 heteroatoms. The molecule has 1 aliphatic rings. The molecule has 1 fully saturated rings.